The highest BCUT2D eigenvalue weighted by molar-refractivity contribution is 5.81. The molecule has 0 aliphatic heterocycles. The topological polar surface area (TPSA) is 75.6 Å². The Bertz CT molecular complexity index is 512. The van der Waals surface area contributed by atoms with Gasteiger partial charge in [-0.3, -0.25) is 9.59 Å². The molecule has 0 radical (unpaired) electrons. The standard InChI is InChI=1S/C17H23NO4/c1-12-4-2-3-5-15(12)18-16(20)11-22-17(21)10-13-6-8-14(19)9-7-13/h6-9,12,15,19H,2-5,10-11H2,1H3,(H,18,20)/t12-,15+/m1/s1. The first-order chi connectivity index (χ1) is 10.5. The molecule has 0 unspecified atom stereocenters. The summed E-state index contributed by atoms with van der Waals surface area (Å²) in [4.78, 5) is 23.5. The van der Waals surface area contributed by atoms with E-state index >= 15 is 0 Å². The average Bonchev–Trinajstić information content (AvgIpc) is 2.50. The fraction of sp³-hybridized carbons (Fsp3) is 0.529. The Hall–Kier alpha value is -2.04. The number of phenolic OH excluding ortho intramolecular Hbond substituents is 1. The Morgan fingerprint density at radius 2 is 1.91 bits per heavy atom. The highest BCUT2D eigenvalue weighted by Crippen LogP contribution is 2.23. The lowest BCUT2D eigenvalue weighted by molar-refractivity contribution is -0.148. The molecular weight excluding hydrogens is 282 g/mol. The monoisotopic (exact) mass is 305 g/mol. The summed E-state index contributed by atoms with van der Waals surface area (Å²) >= 11 is 0. The van der Waals surface area contributed by atoms with E-state index in [2.05, 4.69) is 12.2 Å². The third-order valence-electron chi connectivity index (χ3n) is 4.11. The molecule has 5 nitrogen and oxygen atoms in total. The van der Waals surface area contributed by atoms with Crippen molar-refractivity contribution in [3.05, 3.63) is 29.8 Å². The van der Waals surface area contributed by atoms with E-state index in [1.165, 1.54) is 18.6 Å². The number of rotatable bonds is 5. The van der Waals surface area contributed by atoms with E-state index in [9.17, 15) is 14.7 Å². The van der Waals surface area contributed by atoms with Gasteiger partial charge in [0.2, 0.25) is 0 Å². The molecular formula is C17H23NO4. The lowest BCUT2D eigenvalue weighted by Gasteiger charge is -2.29. The van der Waals surface area contributed by atoms with Crippen molar-refractivity contribution in [2.45, 2.75) is 45.1 Å². The fourth-order valence-corrected chi connectivity index (χ4v) is 2.76. The molecule has 1 aromatic carbocycles. The van der Waals surface area contributed by atoms with Crippen molar-refractivity contribution < 1.29 is 19.4 Å². The first-order valence-corrected chi connectivity index (χ1v) is 7.77. The lowest BCUT2D eigenvalue weighted by atomic mass is 9.86. The molecule has 1 saturated carbocycles. The van der Waals surface area contributed by atoms with Gasteiger partial charge in [-0.2, -0.15) is 0 Å². The molecule has 120 valence electrons. The van der Waals surface area contributed by atoms with E-state index in [0.29, 0.717) is 5.92 Å². The van der Waals surface area contributed by atoms with Crippen LogP contribution in [0, 0.1) is 5.92 Å². The molecule has 1 amide bonds. The van der Waals surface area contributed by atoms with Crippen LogP contribution >= 0.6 is 0 Å². The number of hydrogen-bond donors (Lipinski definition) is 2. The lowest BCUT2D eigenvalue weighted by Crippen LogP contribution is -2.42. The Labute approximate surface area is 130 Å². The van der Waals surface area contributed by atoms with Crippen molar-refractivity contribution in [3.8, 4) is 5.75 Å². The maximum atomic E-state index is 11.8. The maximum Gasteiger partial charge on any atom is 0.310 e. The molecule has 0 bridgehead atoms. The van der Waals surface area contributed by atoms with E-state index in [4.69, 9.17) is 4.74 Å². The molecule has 2 N–H and O–H groups in total. The molecule has 22 heavy (non-hydrogen) atoms. The summed E-state index contributed by atoms with van der Waals surface area (Å²) in [6, 6.07) is 6.53. The fourth-order valence-electron chi connectivity index (χ4n) is 2.76. The van der Waals surface area contributed by atoms with Gasteiger partial charge >= 0.3 is 5.97 Å². The first kappa shape index (κ1) is 16.3. The normalized spacial score (nSPS) is 21.1. The third kappa shape index (κ3) is 5.06. The molecule has 1 aliphatic carbocycles. The van der Waals surface area contributed by atoms with Gasteiger partial charge < -0.3 is 15.2 Å². The van der Waals surface area contributed by atoms with Crippen LogP contribution in [0.2, 0.25) is 0 Å². The zero-order valence-corrected chi connectivity index (χ0v) is 12.9. The second-order valence-corrected chi connectivity index (χ2v) is 5.94. The molecule has 1 fully saturated rings. The molecule has 2 atom stereocenters. The van der Waals surface area contributed by atoms with Crippen molar-refractivity contribution in [1.82, 2.24) is 5.32 Å². The quantitative estimate of drug-likeness (QED) is 0.818. The summed E-state index contributed by atoms with van der Waals surface area (Å²) in [6.07, 6.45) is 4.57. The minimum Gasteiger partial charge on any atom is -0.508 e. The Kier molecular flexibility index (Phi) is 5.81. The Morgan fingerprint density at radius 3 is 2.59 bits per heavy atom. The van der Waals surface area contributed by atoms with Crippen LogP contribution in [0.4, 0.5) is 0 Å². The summed E-state index contributed by atoms with van der Waals surface area (Å²) in [5.41, 5.74) is 0.740. The van der Waals surface area contributed by atoms with Crippen LogP contribution in [-0.2, 0) is 20.7 Å². The number of esters is 1. The van der Waals surface area contributed by atoms with E-state index in [0.717, 1.165) is 24.8 Å². The summed E-state index contributed by atoms with van der Waals surface area (Å²) in [5, 5.41) is 12.1. The van der Waals surface area contributed by atoms with E-state index in [1.54, 1.807) is 12.1 Å². The van der Waals surface area contributed by atoms with Crippen molar-refractivity contribution in [2.24, 2.45) is 5.92 Å². The number of phenols is 1. The van der Waals surface area contributed by atoms with Crippen molar-refractivity contribution in [2.75, 3.05) is 6.61 Å². The Balaban J connectivity index is 1.71. The van der Waals surface area contributed by atoms with Gasteiger partial charge in [-0.1, -0.05) is 31.9 Å². The van der Waals surface area contributed by atoms with Crippen LogP contribution < -0.4 is 5.32 Å². The van der Waals surface area contributed by atoms with Gasteiger partial charge in [0.25, 0.3) is 5.91 Å². The predicted octanol–water partition coefficient (Wildman–Crippen LogP) is 2.17. The highest BCUT2D eigenvalue weighted by Gasteiger charge is 2.23. The van der Waals surface area contributed by atoms with Gasteiger partial charge in [-0.25, -0.2) is 0 Å². The number of nitrogens with one attached hydrogen (secondary N) is 1. The zero-order valence-electron chi connectivity index (χ0n) is 12.9. The third-order valence-corrected chi connectivity index (χ3v) is 4.11. The van der Waals surface area contributed by atoms with Crippen LogP contribution in [0.5, 0.6) is 5.75 Å². The number of hydrogen-bond acceptors (Lipinski definition) is 4. The van der Waals surface area contributed by atoms with Gasteiger partial charge in [0.05, 0.1) is 6.42 Å². The van der Waals surface area contributed by atoms with Crippen LogP contribution in [0.25, 0.3) is 0 Å². The van der Waals surface area contributed by atoms with E-state index < -0.39 is 5.97 Å². The second-order valence-electron chi connectivity index (χ2n) is 5.94. The van der Waals surface area contributed by atoms with Crippen LogP contribution in [-0.4, -0.2) is 29.6 Å². The van der Waals surface area contributed by atoms with Crippen molar-refractivity contribution in [1.29, 1.82) is 0 Å². The number of benzene rings is 1. The van der Waals surface area contributed by atoms with Crippen LogP contribution in [0.15, 0.2) is 24.3 Å². The number of aromatic hydroxyl groups is 1. The molecule has 0 spiro atoms. The van der Waals surface area contributed by atoms with Gasteiger partial charge in [0.15, 0.2) is 6.61 Å². The molecule has 0 aromatic heterocycles. The minimum atomic E-state index is -0.447. The highest BCUT2D eigenvalue weighted by atomic mass is 16.5. The zero-order chi connectivity index (χ0) is 15.9. The van der Waals surface area contributed by atoms with Crippen LogP contribution in [0.3, 0.4) is 0 Å². The summed E-state index contributed by atoms with van der Waals surface area (Å²) < 4.78 is 5.00. The van der Waals surface area contributed by atoms with Gasteiger partial charge in [0, 0.05) is 6.04 Å². The SMILES string of the molecule is C[C@@H]1CCCC[C@@H]1NC(=O)COC(=O)Cc1ccc(O)cc1. The van der Waals surface area contributed by atoms with E-state index in [-0.39, 0.29) is 30.7 Å². The Morgan fingerprint density at radius 1 is 1.23 bits per heavy atom. The van der Waals surface area contributed by atoms with Gasteiger partial charge in [-0.15, -0.1) is 0 Å². The molecule has 0 heterocycles. The smallest absolute Gasteiger partial charge is 0.310 e. The van der Waals surface area contributed by atoms with Crippen molar-refractivity contribution >= 4 is 11.9 Å². The maximum absolute atomic E-state index is 11.8. The molecule has 0 saturated heterocycles. The van der Waals surface area contributed by atoms with Crippen molar-refractivity contribution in [3.63, 3.8) is 0 Å². The minimum absolute atomic E-state index is 0.0907. The number of amides is 1. The number of carbonyl (C=O) groups is 2. The number of carbonyl (C=O) groups excluding carboxylic acids is 2. The molecule has 1 aliphatic rings. The van der Waals surface area contributed by atoms with Gasteiger partial charge in [-0.05, 0) is 36.5 Å². The molecule has 2 rings (SSSR count). The first-order valence-electron chi connectivity index (χ1n) is 7.77. The summed E-state index contributed by atoms with van der Waals surface area (Å²) in [6.45, 7) is 1.90. The number of ether oxygens (including phenoxy) is 1. The largest absolute Gasteiger partial charge is 0.508 e. The predicted molar refractivity (Wildman–Crippen MR) is 82.3 cm³/mol. The molecule has 1 aromatic rings. The van der Waals surface area contributed by atoms with Gasteiger partial charge in [0.1, 0.15) is 5.75 Å². The van der Waals surface area contributed by atoms with E-state index in [1.807, 2.05) is 0 Å². The molecule has 5 heteroatoms. The summed E-state index contributed by atoms with van der Waals surface area (Å²) in [5.74, 6) is -0.0566. The van der Waals surface area contributed by atoms with Crippen LogP contribution in [0.1, 0.15) is 38.2 Å². The average molecular weight is 305 g/mol. The second kappa shape index (κ2) is 7.82. The summed E-state index contributed by atoms with van der Waals surface area (Å²) in [7, 11) is 0.